The van der Waals surface area contributed by atoms with Crippen molar-refractivity contribution in [1.29, 1.82) is 0 Å². The minimum atomic E-state index is -4.23. The molecular formula is C12H30AlO5S. The van der Waals surface area contributed by atoms with Crippen molar-refractivity contribution in [3.63, 3.8) is 0 Å². The highest BCUT2D eigenvalue weighted by Crippen LogP contribution is 2.10. The first-order valence-electron chi connectivity index (χ1n) is 6.68. The molecule has 0 aromatic carbocycles. The summed E-state index contributed by atoms with van der Waals surface area (Å²) in [6.45, 7) is 2.31. The predicted molar refractivity (Wildman–Crippen MR) is 81.5 cm³/mol. The van der Waals surface area contributed by atoms with Crippen LogP contribution < -0.4 is 0 Å². The zero-order valence-electron chi connectivity index (χ0n) is 12.4. The molecule has 0 aliphatic heterocycles. The Morgan fingerprint density at radius 2 is 1.21 bits per heavy atom. The van der Waals surface area contributed by atoms with Crippen LogP contribution in [0.15, 0.2) is 0 Å². The zero-order valence-corrected chi connectivity index (χ0v) is 15.2. The molecule has 5 nitrogen and oxygen atoms in total. The summed E-state index contributed by atoms with van der Waals surface area (Å²) in [6, 6.07) is 0. The van der Waals surface area contributed by atoms with Crippen molar-refractivity contribution >= 4 is 27.8 Å². The van der Waals surface area contributed by atoms with Gasteiger partial charge in [0.1, 0.15) is 17.4 Å². The lowest BCUT2D eigenvalue weighted by Gasteiger charge is -2.02. The van der Waals surface area contributed by atoms with Gasteiger partial charge in [0.25, 0.3) is 0 Å². The molecule has 117 valence electrons. The Bertz CT molecular complexity index is 257. The maximum Gasteiger partial charge on any atom is 0.397 e. The van der Waals surface area contributed by atoms with Gasteiger partial charge in [-0.3, -0.25) is 4.55 Å². The van der Waals surface area contributed by atoms with Gasteiger partial charge in [0.2, 0.25) is 0 Å². The van der Waals surface area contributed by atoms with E-state index in [1.165, 1.54) is 44.9 Å². The summed E-state index contributed by atoms with van der Waals surface area (Å²) < 4.78 is 33.0. The van der Waals surface area contributed by atoms with Crippen LogP contribution in [0.4, 0.5) is 0 Å². The smallest absolute Gasteiger partial charge is 0.397 e. The van der Waals surface area contributed by atoms with E-state index in [9.17, 15) is 8.42 Å². The Kier molecular flexibility index (Phi) is 21.1. The van der Waals surface area contributed by atoms with Gasteiger partial charge in [-0.05, 0) is 6.42 Å². The second-order valence-electron chi connectivity index (χ2n) is 4.43. The van der Waals surface area contributed by atoms with Crippen molar-refractivity contribution < 1.29 is 22.6 Å². The van der Waals surface area contributed by atoms with Crippen molar-refractivity contribution in [2.75, 3.05) is 6.61 Å². The molecule has 1 radical (unpaired) electrons. The largest absolute Gasteiger partial charge is 0.412 e. The van der Waals surface area contributed by atoms with Gasteiger partial charge in [-0.15, -0.1) is 0 Å². The Labute approximate surface area is 128 Å². The van der Waals surface area contributed by atoms with Crippen LogP contribution in [-0.2, 0) is 14.6 Å². The summed E-state index contributed by atoms with van der Waals surface area (Å²) >= 11 is 0. The van der Waals surface area contributed by atoms with Gasteiger partial charge in [-0.2, -0.15) is 8.42 Å². The third-order valence-electron chi connectivity index (χ3n) is 2.73. The Balaban J connectivity index is -0.00000128. The van der Waals surface area contributed by atoms with E-state index in [0.29, 0.717) is 6.42 Å². The highest BCUT2D eigenvalue weighted by atomic mass is 32.3. The molecule has 0 amide bonds. The Morgan fingerprint density at radius 3 is 1.58 bits per heavy atom. The molecule has 7 heteroatoms. The number of unbranched alkanes of at least 4 members (excludes halogenated alkanes) is 9. The minimum absolute atomic E-state index is 0. The fourth-order valence-corrected chi connectivity index (χ4v) is 2.08. The van der Waals surface area contributed by atoms with Crippen molar-refractivity contribution in [2.45, 2.75) is 71.1 Å². The van der Waals surface area contributed by atoms with Gasteiger partial charge in [0.05, 0.1) is 6.61 Å². The van der Waals surface area contributed by atoms with Crippen LogP contribution in [-0.4, -0.2) is 42.4 Å². The second kappa shape index (κ2) is 16.4. The molecule has 0 saturated heterocycles. The number of hydrogen-bond donors (Lipinski definition) is 1. The van der Waals surface area contributed by atoms with Gasteiger partial charge in [-0.25, -0.2) is 4.18 Å². The van der Waals surface area contributed by atoms with Gasteiger partial charge < -0.3 is 5.48 Å². The summed E-state index contributed by atoms with van der Waals surface area (Å²) in [5.41, 5.74) is 0. The highest BCUT2D eigenvalue weighted by Gasteiger charge is 2.02. The normalized spacial score (nSPS) is 10.6. The van der Waals surface area contributed by atoms with Crippen molar-refractivity contribution in [2.24, 2.45) is 0 Å². The van der Waals surface area contributed by atoms with E-state index in [1.807, 2.05) is 0 Å². The number of rotatable bonds is 12. The van der Waals surface area contributed by atoms with E-state index >= 15 is 0 Å². The molecule has 0 spiro atoms. The van der Waals surface area contributed by atoms with Crippen LogP contribution in [0, 0.1) is 0 Å². The molecule has 0 unspecified atom stereocenters. The van der Waals surface area contributed by atoms with Gasteiger partial charge in [0, 0.05) is 0 Å². The summed E-state index contributed by atoms with van der Waals surface area (Å²) in [6.07, 6.45) is 11.9. The van der Waals surface area contributed by atoms with Crippen LogP contribution in [0.5, 0.6) is 0 Å². The van der Waals surface area contributed by atoms with E-state index in [0.717, 1.165) is 12.8 Å². The zero-order chi connectivity index (χ0) is 13.0. The van der Waals surface area contributed by atoms with E-state index in [4.69, 9.17) is 4.55 Å². The van der Waals surface area contributed by atoms with Crippen LogP contribution in [0.3, 0.4) is 0 Å². The summed E-state index contributed by atoms with van der Waals surface area (Å²) in [5, 5.41) is 0. The predicted octanol–water partition coefficient (Wildman–Crippen LogP) is 1.99. The van der Waals surface area contributed by atoms with Crippen LogP contribution >= 0.6 is 0 Å². The molecule has 3 N–H and O–H groups in total. The van der Waals surface area contributed by atoms with Crippen molar-refractivity contribution in [3.05, 3.63) is 0 Å². The van der Waals surface area contributed by atoms with Crippen LogP contribution in [0.25, 0.3) is 0 Å². The first kappa shape index (κ1) is 24.4. The van der Waals surface area contributed by atoms with Gasteiger partial charge >= 0.3 is 10.4 Å². The maximum atomic E-state index is 10.2. The lowest BCUT2D eigenvalue weighted by Crippen LogP contribution is -2.04. The summed E-state index contributed by atoms with van der Waals surface area (Å²) in [7, 11) is -4.23. The van der Waals surface area contributed by atoms with Crippen LogP contribution in [0.2, 0.25) is 0 Å². The standard InChI is InChI=1S/C12H26O4S.Al.H2O.2H/c1-2-3-4-5-6-7-8-9-10-11-12-16-17(13,14)15;;;;/h2-12H2,1H3,(H,13,14,15);;1H2;;. The van der Waals surface area contributed by atoms with Crippen molar-refractivity contribution in [1.82, 2.24) is 0 Å². The van der Waals surface area contributed by atoms with Crippen molar-refractivity contribution in [3.8, 4) is 0 Å². The topological polar surface area (TPSA) is 95.1 Å². The van der Waals surface area contributed by atoms with Gasteiger partial charge in [-0.1, -0.05) is 64.7 Å². The van der Waals surface area contributed by atoms with Crippen LogP contribution in [0.1, 0.15) is 71.1 Å². The Hall–Kier alpha value is 0.362. The van der Waals surface area contributed by atoms with Gasteiger partial charge in [0.15, 0.2) is 0 Å². The quantitative estimate of drug-likeness (QED) is 0.338. The molecule has 0 aromatic heterocycles. The molecule has 0 atom stereocenters. The number of hydrogen-bond acceptors (Lipinski definition) is 3. The first-order valence-corrected chi connectivity index (χ1v) is 8.04. The lowest BCUT2D eigenvalue weighted by atomic mass is 10.1. The average Bonchev–Trinajstić information content (AvgIpc) is 2.24. The maximum absolute atomic E-state index is 10.2. The second-order valence-corrected chi connectivity index (χ2v) is 5.52. The molecule has 0 aromatic rings. The fraction of sp³-hybridized carbons (Fsp3) is 1.00. The first-order chi connectivity index (χ1) is 8.06. The summed E-state index contributed by atoms with van der Waals surface area (Å²) in [5.74, 6) is 0. The van der Waals surface area contributed by atoms with E-state index < -0.39 is 10.4 Å². The van der Waals surface area contributed by atoms with E-state index in [2.05, 4.69) is 11.1 Å². The Morgan fingerprint density at radius 1 is 0.842 bits per heavy atom. The molecule has 0 aliphatic rings. The monoisotopic (exact) mass is 313 g/mol. The molecule has 0 bridgehead atoms. The van der Waals surface area contributed by atoms with E-state index in [1.54, 1.807) is 0 Å². The molecular weight excluding hydrogens is 283 g/mol. The average molecular weight is 313 g/mol. The lowest BCUT2D eigenvalue weighted by molar-refractivity contribution is 0.261. The molecule has 0 aliphatic carbocycles. The molecule has 0 fully saturated rings. The van der Waals surface area contributed by atoms with E-state index in [-0.39, 0.29) is 29.4 Å². The molecule has 0 rings (SSSR count). The highest BCUT2D eigenvalue weighted by molar-refractivity contribution is 7.80. The molecule has 19 heavy (non-hydrogen) atoms. The SMILES string of the molecule is CCCCCCCCCCCCOS(=O)(=O)O.O.[AlH2]. The molecule has 0 saturated carbocycles. The minimum Gasteiger partial charge on any atom is -0.412 e. The summed E-state index contributed by atoms with van der Waals surface area (Å²) in [4.78, 5) is 0. The fourth-order valence-electron chi connectivity index (χ4n) is 1.75. The third kappa shape index (κ3) is 23.8. The molecule has 0 heterocycles. The third-order valence-corrected chi connectivity index (χ3v) is 3.19.